The molecule has 1 aliphatic carbocycles. The summed E-state index contributed by atoms with van der Waals surface area (Å²) < 4.78 is 31.3. The van der Waals surface area contributed by atoms with Crippen LogP contribution < -0.4 is 10.2 Å². The lowest BCUT2D eigenvalue weighted by Crippen LogP contribution is -2.53. The van der Waals surface area contributed by atoms with Crippen molar-refractivity contribution in [1.29, 1.82) is 0 Å². The number of hydrogen-bond donors (Lipinski definition) is 1. The Balaban J connectivity index is 1.70. The second-order valence-electron chi connectivity index (χ2n) is 9.57. The minimum Gasteiger partial charge on any atom is -0.445 e. The second kappa shape index (κ2) is 9.41. The van der Waals surface area contributed by atoms with Crippen LogP contribution in [0.5, 0.6) is 0 Å². The molecule has 2 aliphatic rings. The number of fused-ring (bicyclic) bond motifs is 1. The van der Waals surface area contributed by atoms with Crippen molar-refractivity contribution in [2.75, 3.05) is 4.90 Å². The zero-order chi connectivity index (χ0) is 24.6. The van der Waals surface area contributed by atoms with Crippen molar-refractivity contribution in [3.8, 4) is 0 Å². The normalized spacial score (nSPS) is 22.3. The topological polar surface area (TPSA) is 92.8 Å². The average molecular weight is 485 g/mol. The van der Waals surface area contributed by atoms with E-state index in [0.29, 0.717) is 17.2 Å². The molecule has 0 radical (unpaired) electrons. The van der Waals surface area contributed by atoms with Gasteiger partial charge in [0.05, 0.1) is 16.2 Å². The van der Waals surface area contributed by atoms with Crippen molar-refractivity contribution in [2.45, 2.75) is 69.4 Å². The Morgan fingerprint density at radius 2 is 1.79 bits per heavy atom. The minimum atomic E-state index is -3.53. The van der Waals surface area contributed by atoms with E-state index >= 15 is 0 Å². The Labute approximate surface area is 201 Å². The fourth-order valence-electron chi connectivity index (χ4n) is 4.88. The van der Waals surface area contributed by atoms with Gasteiger partial charge in [0.15, 0.2) is 9.84 Å². The van der Waals surface area contributed by atoms with Gasteiger partial charge in [0.2, 0.25) is 5.91 Å². The number of alkyl carbamates (subject to hydrolysis) is 1. The molecule has 2 aromatic carbocycles. The summed E-state index contributed by atoms with van der Waals surface area (Å²) in [5.74, 6) is 0.149. The van der Waals surface area contributed by atoms with Gasteiger partial charge in [-0.1, -0.05) is 37.3 Å². The number of sulfone groups is 1. The van der Waals surface area contributed by atoms with Crippen LogP contribution in [0.3, 0.4) is 0 Å². The van der Waals surface area contributed by atoms with Crippen LogP contribution in [-0.2, 0) is 26.0 Å². The average Bonchev–Trinajstić information content (AvgIpc) is 3.64. The van der Waals surface area contributed by atoms with E-state index in [4.69, 9.17) is 4.74 Å². The Kier molecular flexibility index (Phi) is 6.71. The molecule has 1 N–H and O–H groups in total. The maximum atomic E-state index is 12.9. The molecule has 4 rings (SSSR count). The van der Waals surface area contributed by atoms with Crippen molar-refractivity contribution in [1.82, 2.24) is 5.32 Å². The molecule has 0 aromatic heterocycles. The number of nitrogens with one attached hydrogen (secondary N) is 1. The van der Waals surface area contributed by atoms with E-state index in [2.05, 4.69) is 5.32 Å². The highest BCUT2D eigenvalue weighted by Gasteiger charge is 2.48. The zero-order valence-electron chi connectivity index (χ0n) is 20.0. The highest BCUT2D eigenvalue weighted by atomic mass is 32.2. The minimum absolute atomic E-state index is 0.0722. The lowest BCUT2D eigenvalue weighted by molar-refractivity contribution is -0.117. The molecule has 1 aliphatic heterocycles. The van der Waals surface area contributed by atoms with E-state index in [0.717, 1.165) is 18.4 Å². The summed E-state index contributed by atoms with van der Waals surface area (Å²) in [7, 11) is -3.53. The van der Waals surface area contributed by atoms with Crippen LogP contribution in [0.1, 0.15) is 57.7 Å². The van der Waals surface area contributed by atoms with Crippen LogP contribution in [0, 0.1) is 11.8 Å². The molecule has 2 aromatic rings. The number of anilines is 1. The summed E-state index contributed by atoms with van der Waals surface area (Å²) in [4.78, 5) is 27.5. The maximum absolute atomic E-state index is 12.9. The number of rotatable bonds is 6. The molecule has 2 unspecified atom stereocenters. The van der Waals surface area contributed by atoms with Gasteiger partial charge in [-0.3, -0.25) is 4.79 Å². The smallest absolute Gasteiger partial charge is 0.407 e. The first-order chi connectivity index (χ1) is 16.1. The van der Waals surface area contributed by atoms with Crippen molar-refractivity contribution in [3.05, 3.63) is 59.7 Å². The third-order valence-corrected chi connectivity index (χ3v) is 8.99. The summed E-state index contributed by atoms with van der Waals surface area (Å²) in [6, 6.07) is 13.7. The Morgan fingerprint density at radius 3 is 2.38 bits per heavy atom. The molecule has 34 heavy (non-hydrogen) atoms. The Hall–Kier alpha value is -2.87. The van der Waals surface area contributed by atoms with Crippen LogP contribution >= 0.6 is 0 Å². The fraction of sp³-hybridized carbons (Fsp3) is 0.462. The standard InChI is InChI=1S/C26H32N2O5S/c1-16(2)34(31,32)21-12-13-23-22(14-21)24(17(3)25(20-10-11-20)28(23)18(4)29)27-26(30)33-15-19-8-6-5-7-9-19/h5-9,12-14,16-17,20,24-25H,10-11,15H2,1-4H3,(H,27,30)/t17-,24?,25?/m1/s1. The van der Waals surface area contributed by atoms with E-state index in [9.17, 15) is 18.0 Å². The first-order valence-electron chi connectivity index (χ1n) is 11.8. The van der Waals surface area contributed by atoms with E-state index < -0.39 is 27.2 Å². The van der Waals surface area contributed by atoms with Crippen LogP contribution in [0.2, 0.25) is 0 Å². The highest BCUT2D eigenvalue weighted by Crippen LogP contribution is 2.49. The predicted octanol–water partition coefficient (Wildman–Crippen LogP) is 4.62. The molecule has 0 spiro atoms. The van der Waals surface area contributed by atoms with E-state index in [1.54, 1.807) is 36.9 Å². The summed E-state index contributed by atoms with van der Waals surface area (Å²) >= 11 is 0. The van der Waals surface area contributed by atoms with Gasteiger partial charge in [-0.15, -0.1) is 0 Å². The van der Waals surface area contributed by atoms with Crippen molar-refractivity contribution >= 4 is 27.5 Å². The van der Waals surface area contributed by atoms with Gasteiger partial charge in [-0.2, -0.15) is 0 Å². The second-order valence-corrected chi connectivity index (χ2v) is 12.1. The maximum Gasteiger partial charge on any atom is 0.407 e. The van der Waals surface area contributed by atoms with Gasteiger partial charge in [0, 0.05) is 24.6 Å². The number of amides is 2. The number of nitrogens with zero attached hydrogens (tertiary/aromatic N) is 1. The molecule has 182 valence electrons. The Bertz CT molecular complexity index is 1170. The molecule has 0 bridgehead atoms. The number of carbonyl (C=O) groups excluding carboxylic acids is 2. The van der Waals surface area contributed by atoms with Crippen LogP contribution in [0.4, 0.5) is 10.5 Å². The van der Waals surface area contributed by atoms with Gasteiger partial charge in [-0.05, 0) is 61.9 Å². The monoisotopic (exact) mass is 484 g/mol. The van der Waals surface area contributed by atoms with Crippen LogP contribution in [0.25, 0.3) is 0 Å². The summed E-state index contributed by atoms with van der Waals surface area (Å²) in [5, 5.41) is 2.39. The van der Waals surface area contributed by atoms with E-state index in [1.807, 2.05) is 37.3 Å². The number of ether oxygens (including phenoxy) is 1. The van der Waals surface area contributed by atoms with Gasteiger partial charge >= 0.3 is 6.09 Å². The fourth-order valence-corrected chi connectivity index (χ4v) is 5.98. The third-order valence-electron chi connectivity index (χ3n) is 6.84. The summed E-state index contributed by atoms with van der Waals surface area (Å²) in [6.07, 6.45) is 1.48. The third kappa shape index (κ3) is 4.69. The molecule has 8 heteroatoms. The largest absolute Gasteiger partial charge is 0.445 e. The summed E-state index contributed by atoms with van der Waals surface area (Å²) in [6.45, 7) is 6.95. The van der Waals surface area contributed by atoms with Crippen molar-refractivity contribution in [3.63, 3.8) is 0 Å². The first kappa shape index (κ1) is 24.3. The number of hydrogen-bond acceptors (Lipinski definition) is 5. The molecule has 2 amide bonds. The molecular weight excluding hydrogens is 452 g/mol. The molecular formula is C26H32N2O5S. The molecule has 0 saturated heterocycles. The zero-order valence-corrected chi connectivity index (χ0v) is 20.8. The van der Waals surface area contributed by atoms with Gasteiger partial charge in [0.1, 0.15) is 6.61 Å². The lowest BCUT2D eigenvalue weighted by atomic mass is 9.80. The molecule has 1 fully saturated rings. The molecule has 1 heterocycles. The molecule has 7 nitrogen and oxygen atoms in total. The molecule has 1 saturated carbocycles. The highest BCUT2D eigenvalue weighted by molar-refractivity contribution is 7.92. The van der Waals surface area contributed by atoms with E-state index in [-0.39, 0.29) is 29.4 Å². The number of benzene rings is 2. The summed E-state index contributed by atoms with van der Waals surface area (Å²) in [5.41, 5.74) is 2.15. The quantitative estimate of drug-likeness (QED) is 0.646. The van der Waals surface area contributed by atoms with Crippen molar-refractivity contribution in [2.24, 2.45) is 11.8 Å². The lowest BCUT2D eigenvalue weighted by Gasteiger charge is -2.45. The van der Waals surface area contributed by atoms with E-state index in [1.165, 1.54) is 6.92 Å². The van der Waals surface area contributed by atoms with Crippen LogP contribution in [-0.4, -0.2) is 31.7 Å². The first-order valence-corrected chi connectivity index (χ1v) is 13.3. The van der Waals surface area contributed by atoms with Crippen molar-refractivity contribution < 1.29 is 22.7 Å². The van der Waals surface area contributed by atoms with Gasteiger partial charge in [0.25, 0.3) is 0 Å². The molecule has 3 atom stereocenters. The predicted molar refractivity (Wildman–Crippen MR) is 130 cm³/mol. The van der Waals surface area contributed by atoms with Gasteiger partial charge in [-0.25, -0.2) is 13.2 Å². The van der Waals surface area contributed by atoms with Crippen LogP contribution in [0.15, 0.2) is 53.4 Å². The Morgan fingerprint density at radius 1 is 1.12 bits per heavy atom. The van der Waals surface area contributed by atoms with Gasteiger partial charge < -0.3 is 15.0 Å². The SMILES string of the molecule is CC(=O)N1c2ccc(S(=O)(=O)C(C)C)cc2C(NC(=O)OCc2ccccc2)[C@@H](C)C1C1CC1. The number of carbonyl (C=O) groups is 2.